The molecule has 0 aliphatic rings. The Kier molecular flexibility index (Phi) is 4.89. The van der Waals surface area contributed by atoms with Crippen molar-refractivity contribution in [3.05, 3.63) is 33.5 Å². The van der Waals surface area contributed by atoms with Gasteiger partial charge in [0.1, 0.15) is 5.82 Å². The van der Waals surface area contributed by atoms with E-state index in [0.717, 1.165) is 0 Å². The minimum absolute atomic E-state index is 0.0526. The van der Waals surface area contributed by atoms with Crippen molar-refractivity contribution in [2.45, 2.75) is 6.92 Å². The van der Waals surface area contributed by atoms with Crippen LogP contribution in [-0.4, -0.2) is 26.2 Å². The summed E-state index contributed by atoms with van der Waals surface area (Å²) in [5.41, 5.74) is 0.483. The Hall–Kier alpha value is -0.940. The molecule has 0 bridgehead atoms. The van der Waals surface area contributed by atoms with E-state index in [4.69, 9.17) is 4.74 Å². The summed E-state index contributed by atoms with van der Waals surface area (Å²) >= 11 is 3.20. The van der Waals surface area contributed by atoms with Crippen LogP contribution >= 0.6 is 15.9 Å². The number of hydrogen-bond acceptors (Lipinski definition) is 2. The van der Waals surface area contributed by atoms with Gasteiger partial charge in [0, 0.05) is 18.1 Å². The number of hydrogen-bond donors (Lipinski definition) is 1. The molecular formula is C11H13BrFNO2. The van der Waals surface area contributed by atoms with Crippen LogP contribution in [0.5, 0.6) is 0 Å². The smallest absolute Gasteiger partial charge is 0.254 e. The van der Waals surface area contributed by atoms with Gasteiger partial charge in [-0.3, -0.25) is 4.79 Å². The van der Waals surface area contributed by atoms with Gasteiger partial charge < -0.3 is 10.1 Å². The molecule has 0 heterocycles. The number of carbonyl (C=O) groups excluding carboxylic acids is 1. The standard InChI is InChI=1S/C11H13BrFNO2/c1-7-9(12)4-3-8(10(7)13)11(15)14-5-6-16-2/h3-4H,5-6H2,1-2H3,(H,14,15). The summed E-state index contributed by atoms with van der Waals surface area (Å²) < 4.78 is 19.1. The summed E-state index contributed by atoms with van der Waals surface area (Å²) in [7, 11) is 1.54. The Balaban J connectivity index is 2.80. The molecule has 1 aromatic rings. The van der Waals surface area contributed by atoms with Crippen molar-refractivity contribution in [3.63, 3.8) is 0 Å². The molecule has 0 fully saturated rings. The van der Waals surface area contributed by atoms with Crippen LogP contribution < -0.4 is 5.32 Å². The average Bonchev–Trinajstić information content (AvgIpc) is 2.26. The molecule has 0 aromatic heterocycles. The summed E-state index contributed by atoms with van der Waals surface area (Å²) in [6.45, 7) is 2.39. The zero-order valence-corrected chi connectivity index (χ0v) is 10.7. The SMILES string of the molecule is COCCNC(=O)c1ccc(Br)c(C)c1F. The molecule has 3 nitrogen and oxygen atoms in total. The first-order chi connectivity index (χ1) is 7.57. The molecule has 0 radical (unpaired) electrons. The van der Waals surface area contributed by atoms with E-state index in [9.17, 15) is 9.18 Å². The van der Waals surface area contributed by atoms with Crippen molar-refractivity contribution in [3.8, 4) is 0 Å². The van der Waals surface area contributed by atoms with E-state index in [1.807, 2.05) is 0 Å². The number of carbonyl (C=O) groups is 1. The van der Waals surface area contributed by atoms with Crippen LogP contribution in [0.2, 0.25) is 0 Å². The van der Waals surface area contributed by atoms with E-state index in [2.05, 4.69) is 21.2 Å². The van der Waals surface area contributed by atoms with Gasteiger partial charge in [0.15, 0.2) is 0 Å². The van der Waals surface area contributed by atoms with Crippen molar-refractivity contribution in [1.29, 1.82) is 0 Å². The summed E-state index contributed by atoms with van der Waals surface area (Å²) in [6, 6.07) is 3.11. The van der Waals surface area contributed by atoms with Crippen molar-refractivity contribution in [1.82, 2.24) is 5.32 Å². The number of methoxy groups -OCH3 is 1. The number of nitrogens with one attached hydrogen (secondary N) is 1. The molecule has 16 heavy (non-hydrogen) atoms. The summed E-state index contributed by atoms with van der Waals surface area (Å²) in [5, 5.41) is 2.57. The van der Waals surface area contributed by atoms with Gasteiger partial charge in [-0.15, -0.1) is 0 Å². The number of amides is 1. The highest BCUT2D eigenvalue weighted by molar-refractivity contribution is 9.10. The fourth-order valence-electron chi connectivity index (χ4n) is 1.20. The van der Waals surface area contributed by atoms with Crippen LogP contribution in [0.3, 0.4) is 0 Å². The van der Waals surface area contributed by atoms with Gasteiger partial charge in [0.25, 0.3) is 5.91 Å². The highest BCUT2D eigenvalue weighted by atomic mass is 79.9. The molecule has 0 spiro atoms. The second-order valence-corrected chi connectivity index (χ2v) is 4.14. The summed E-state index contributed by atoms with van der Waals surface area (Å²) in [4.78, 5) is 11.6. The maximum atomic E-state index is 13.7. The molecular weight excluding hydrogens is 277 g/mol. The van der Waals surface area contributed by atoms with Crippen LogP contribution in [0.25, 0.3) is 0 Å². The molecule has 0 unspecified atom stereocenters. The van der Waals surface area contributed by atoms with Crippen LogP contribution in [0.4, 0.5) is 4.39 Å². The number of benzene rings is 1. The predicted octanol–water partition coefficient (Wildman–Crippen LogP) is 2.27. The number of rotatable bonds is 4. The largest absolute Gasteiger partial charge is 0.383 e. The zero-order valence-electron chi connectivity index (χ0n) is 9.14. The fourth-order valence-corrected chi connectivity index (χ4v) is 1.50. The van der Waals surface area contributed by atoms with Gasteiger partial charge in [0.05, 0.1) is 12.2 Å². The molecule has 1 rings (SSSR count). The van der Waals surface area contributed by atoms with Gasteiger partial charge >= 0.3 is 0 Å². The third kappa shape index (κ3) is 3.02. The molecule has 1 N–H and O–H groups in total. The van der Waals surface area contributed by atoms with Crippen molar-refractivity contribution < 1.29 is 13.9 Å². The van der Waals surface area contributed by atoms with Crippen molar-refractivity contribution >= 4 is 21.8 Å². The first kappa shape index (κ1) is 13.1. The van der Waals surface area contributed by atoms with Crippen molar-refractivity contribution in [2.75, 3.05) is 20.3 Å². The Morgan fingerprint density at radius 3 is 2.88 bits per heavy atom. The lowest BCUT2D eigenvalue weighted by Crippen LogP contribution is -2.27. The van der Waals surface area contributed by atoms with Crippen molar-refractivity contribution in [2.24, 2.45) is 0 Å². The first-order valence-corrected chi connectivity index (χ1v) is 5.59. The lowest BCUT2D eigenvalue weighted by atomic mass is 10.1. The van der Waals surface area contributed by atoms with Gasteiger partial charge in [0.2, 0.25) is 0 Å². The highest BCUT2D eigenvalue weighted by Gasteiger charge is 2.14. The van der Waals surface area contributed by atoms with Gasteiger partial charge in [-0.25, -0.2) is 4.39 Å². The summed E-state index contributed by atoms with van der Waals surface area (Å²) in [6.07, 6.45) is 0. The van der Waals surface area contributed by atoms with E-state index < -0.39 is 11.7 Å². The van der Waals surface area contributed by atoms with Crippen LogP contribution in [0.15, 0.2) is 16.6 Å². The number of halogens is 2. The Labute approximate surface area is 102 Å². The third-order valence-electron chi connectivity index (χ3n) is 2.16. The molecule has 0 aliphatic heterocycles. The van der Waals surface area contributed by atoms with Crippen LogP contribution in [0, 0.1) is 12.7 Å². The minimum atomic E-state index is -0.496. The van der Waals surface area contributed by atoms with Crippen LogP contribution in [-0.2, 0) is 4.74 Å². The second kappa shape index (κ2) is 5.96. The molecule has 1 amide bonds. The normalized spacial score (nSPS) is 10.2. The third-order valence-corrected chi connectivity index (χ3v) is 3.02. The fraction of sp³-hybridized carbons (Fsp3) is 0.364. The maximum absolute atomic E-state index is 13.7. The minimum Gasteiger partial charge on any atom is -0.383 e. The van der Waals surface area contributed by atoms with E-state index >= 15 is 0 Å². The predicted molar refractivity (Wildman–Crippen MR) is 63.0 cm³/mol. The molecule has 0 aliphatic carbocycles. The quantitative estimate of drug-likeness (QED) is 0.864. The summed E-state index contributed by atoms with van der Waals surface area (Å²) in [5.74, 6) is -0.922. The van der Waals surface area contributed by atoms with Gasteiger partial charge in [-0.1, -0.05) is 15.9 Å². The highest BCUT2D eigenvalue weighted by Crippen LogP contribution is 2.21. The average molecular weight is 290 g/mol. The monoisotopic (exact) mass is 289 g/mol. The topological polar surface area (TPSA) is 38.3 Å². The zero-order chi connectivity index (χ0) is 12.1. The Morgan fingerprint density at radius 2 is 2.25 bits per heavy atom. The lowest BCUT2D eigenvalue weighted by Gasteiger charge is -2.08. The van der Waals surface area contributed by atoms with Crippen LogP contribution in [0.1, 0.15) is 15.9 Å². The molecule has 0 saturated heterocycles. The molecule has 1 aromatic carbocycles. The molecule has 0 atom stereocenters. The lowest BCUT2D eigenvalue weighted by molar-refractivity contribution is 0.0933. The Bertz CT molecular complexity index is 396. The van der Waals surface area contributed by atoms with Gasteiger partial charge in [-0.05, 0) is 24.6 Å². The van der Waals surface area contributed by atoms with E-state index in [0.29, 0.717) is 23.2 Å². The van der Waals surface area contributed by atoms with E-state index in [-0.39, 0.29) is 5.56 Å². The van der Waals surface area contributed by atoms with Gasteiger partial charge in [-0.2, -0.15) is 0 Å². The molecule has 88 valence electrons. The van der Waals surface area contributed by atoms with E-state index in [1.54, 1.807) is 13.0 Å². The Morgan fingerprint density at radius 1 is 1.56 bits per heavy atom. The second-order valence-electron chi connectivity index (χ2n) is 3.28. The molecule has 5 heteroatoms. The first-order valence-electron chi connectivity index (χ1n) is 4.79. The maximum Gasteiger partial charge on any atom is 0.254 e. The number of ether oxygens (including phenoxy) is 1. The molecule has 0 saturated carbocycles. The van der Waals surface area contributed by atoms with E-state index in [1.165, 1.54) is 13.2 Å².